The number of carbonyl (C=O) groups is 1. The van der Waals surface area contributed by atoms with Crippen LogP contribution in [0.4, 0.5) is 0 Å². The Balaban J connectivity index is 1.34. The van der Waals surface area contributed by atoms with Gasteiger partial charge in [-0.25, -0.2) is 0 Å². The van der Waals surface area contributed by atoms with Gasteiger partial charge in [0.15, 0.2) is 0 Å². The average Bonchev–Trinajstić information content (AvgIpc) is 2.75. The highest BCUT2D eigenvalue weighted by Crippen LogP contribution is 2.55. The molecule has 3 aromatic rings. The molecule has 0 aromatic heterocycles. The van der Waals surface area contributed by atoms with Gasteiger partial charge in [0.25, 0.3) is 0 Å². The van der Waals surface area contributed by atoms with E-state index in [2.05, 4.69) is 53.8 Å². The van der Waals surface area contributed by atoms with Gasteiger partial charge in [0, 0.05) is 18.4 Å². The van der Waals surface area contributed by atoms with Crippen LogP contribution in [0.2, 0.25) is 10.0 Å². The van der Waals surface area contributed by atoms with Gasteiger partial charge in [0.2, 0.25) is 5.91 Å². The van der Waals surface area contributed by atoms with Crippen LogP contribution in [0.1, 0.15) is 46.1 Å². The molecule has 2 nitrogen and oxygen atoms in total. The summed E-state index contributed by atoms with van der Waals surface area (Å²) in [6.07, 6.45) is 1.39. The Bertz CT molecular complexity index is 1050. The minimum atomic E-state index is 0.0198. The third-order valence-corrected chi connectivity index (χ3v) is 7.07. The minimum absolute atomic E-state index is 0.0198. The Kier molecular flexibility index (Phi) is 4.85. The van der Waals surface area contributed by atoms with Crippen molar-refractivity contribution < 1.29 is 4.79 Å². The molecule has 3 aliphatic carbocycles. The van der Waals surface area contributed by atoms with Gasteiger partial charge in [-0.2, -0.15) is 0 Å². The zero-order valence-electron chi connectivity index (χ0n) is 15.9. The fourth-order valence-corrected chi connectivity index (χ4v) is 5.42. The number of hydrogen-bond acceptors (Lipinski definition) is 1. The molecule has 0 saturated carbocycles. The third-order valence-electron chi connectivity index (χ3n) is 6.33. The maximum Gasteiger partial charge on any atom is 0.224 e. The van der Waals surface area contributed by atoms with Crippen LogP contribution in [0.3, 0.4) is 0 Å². The fourth-order valence-electron chi connectivity index (χ4n) is 5.10. The molecule has 0 saturated heterocycles. The van der Waals surface area contributed by atoms with E-state index in [0.717, 1.165) is 12.0 Å². The van der Waals surface area contributed by atoms with Crippen molar-refractivity contribution in [2.45, 2.75) is 24.7 Å². The molecule has 6 rings (SSSR count). The summed E-state index contributed by atoms with van der Waals surface area (Å²) >= 11 is 12.0. The molecule has 1 unspecified atom stereocenters. The summed E-state index contributed by atoms with van der Waals surface area (Å²) in [6.45, 7) is 0.685. The third kappa shape index (κ3) is 3.35. The highest BCUT2D eigenvalue weighted by Gasteiger charge is 2.42. The van der Waals surface area contributed by atoms with Gasteiger partial charge in [0.05, 0.1) is 16.5 Å². The molecule has 4 heteroatoms. The van der Waals surface area contributed by atoms with E-state index in [1.807, 2.05) is 6.07 Å². The van der Waals surface area contributed by atoms with Gasteiger partial charge in [-0.1, -0.05) is 77.8 Å². The second kappa shape index (κ2) is 7.51. The molecule has 1 amide bonds. The predicted molar refractivity (Wildman–Crippen MR) is 118 cm³/mol. The molecule has 3 aliphatic rings. The summed E-state index contributed by atoms with van der Waals surface area (Å²) in [5, 5.41) is 4.15. The molecule has 3 aromatic carbocycles. The number of amides is 1. The van der Waals surface area contributed by atoms with Crippen LogP contribution in [0.15, 0.2) is 66.7 Å². The summed E-state index contributed by atoms with van der Waals surface area (Å²) in [5.41, 5.74) is 6.62. The molecule has 146 valence electrons. The second-order valence-electron chi connectivity index (χ2n) is 8.01. The highest BCUT2D eigenvalue weighted by atomic mass is 35.5. The van der Waals surface area contributed by atoms with Crippen LogP contribution in [0.5, 0.6) is 0 Å². The first-order chi connectivity index (χ1) is 14.1. The number of rotatable bonds is 4. The highest BCUT2D eigenvalue weighted by molar-refractivity contribution is 6.42. The molecule has 2 bridgehead atoms. The number of hydrogen-bond donors (Lipinski definition) is 1. The fraction of sp³-hybridized carbons (Fsp3) is 0.240. The number of nitrogens with one attached hydrogen (secondary N) is 1. The van der Waals surface area contributed by atoms with Crippen LogP contribution < -0.4 is 5.32 Å². The Morgan fingerprint density at radius 3 is 2.10 bits per heavy atom. The quantitative estimate of drug-likeness (QED) is 0.553. The van der Waals surface area contributed by atoms with Gasteiger partial charge >= 0.3 is 0 Å². The van der Waals surface area contributed by atoms with Crippen LogP contribution in [0, 0.1) is 5.92 Å². The molecule has 29 heavy (non-hydrogen) atoms. The smallest absolute Gasteiger partial charge is 0.224 e. The second-order valence-corrected chi connectivity index (χ2v) is 8.83. The number of halogens is 2. The van der Waals surface area contributed by atoms with Gasteiger partial charge in [-0.15, -0.1) is 0 Å². The normalized spacial score (nSPS) is 21.4. The van der Waals surface area contributed by atoms with E-state index >= 15 is 0 Å². The zero-order chi connectivity index (χ0) is 20.0. The molecule has 0 aliphatic heterocycles. The first-order valence-corrected chi connectivity index (χ1v) is 10.8. The molecular weight excluding hydrogens is 401 g/mol. The summed E-state index contributed by atoms with van der Waals surface area (Å²) < 4.78 is 0. The largest absolute Gasteiger partial charge is 0.356 e. The first-order valence-electron chi connectivity index (χ1n) is 10.00. The summed E-state index contributed by atoms with van der Waals surface area (Å²) in [5.74, 6) is 1.19. The lowest BCUT2D eigenvalue weighted by atomic mass is 9.59. The van der Waals surface area contributed by atoms with E-state index in [9.17, 15) is 4.79 Å². The van der Waals surface area contributed by atoms with E-state index < -0.39 is 0 Å². The Morgan fingerprint density at radius 1 is 0.862 bits per heavy atom. The molecule has 0 spiro atoms. The Morgan fingerprint density at radius 2 is 1.48 bits per heavy atom. The number of carbonyl (C=O) groups excluding carboxylic acids is 1. The van der Waals surface area contributed by atoms with Crippen LogP contribution in [0.25, 0.3) is 0 Å². The van der Waals surface area contributed by atoms with Crippen LogP contribution in [-0.2, 0) is 11.2 Å². The predicted octanol–water partition coefficient (Wildman–Crippen LogP) is 5.95. The standard InChI is InChI=1S/C25H21Cl2NO/c26-22-10-9-15(11-23(22)27)12-24(29)28-14-16-13-21-17-5-1-3-7-19(17)25(16)20-8-4-2-6-18(20)21/h1-11,16,21,25H,12-14H2,(H,28,29). The average molecular weight is 422 g/mol. The van der Waals surface area contributed by atoms with Crippen molar-refractivity contribution in [2.75, 3.05) is 6.54 Å². The summed E-state index contributed by atoms with van der Waals surface area (Å²) in [7, 11) is 0. The van der Waals surface area contributed by atoms with Crippen LogP contribution >= 0.6 is 23.2 Å². The van der Waals surface area contributed by atoms with E-state index in [1.54, 1.807) is 12.1 Å². The molecule has 0 fully saturated rings. The van der Waals surface area contributed by atoms with Crippen molar-refractivity contribution in [1.29, 1.82) is 0 Å². The lowest BCUT2D eigenvalue weighted by Gasteiger charge is -2.45. The van der Waals surface area contributed by atoms with Gasteiger partial charge in [-0.3, -0.25) is 4.79 Å². The molecule has 1 N–H and O–H groups in total. The number of benzene rings is 3. The molecular formula is C25H21Cl2NO. The molecule has 0 radical (unpaired) electrons. The zero-order valence-corrected chi connectivity index (χ0v) is 17.4. The van der Waals surface area contributed by atoms with Crippen molar-refractivity contribution in [2.24, 2.45) is 5.92 Å². The lowest BCUT2D eigenvalue weighted by Crippen LogP contribution is -2.39. The summed E-state index contributed by atoms with van der Waals surface area (Å²) in [6, 6.07) is 22.9. The van der Waals surface area contributed by atoms with Crippen molar-refractivity contribution in [3.05, 3.63) is 105 Å². The van der Waals surface area contributed by atoms with E-state index in [4.69, 9.17) is 23.2 Å². The van der Waals surface area contributed by atoms with E-state index in [1.165, 1.54) is 22.3 Å². The van der Waals surface area contributed by atoms with Crippen molar-refractivity contribution >= 4 is 29.1 Å². The van der Waals surface area contributed by atoms with Gasteiger partial charge in [0.1, 0.15) is 0 Å². The topological polar surface area (TPSA) is 29.1 Å². The molecule has 0 heterocycles. The van der Waals surface area contributed by atoms with Gasteiger partial charge < -0.3 is 5.32 Å². The van der Waals surface area contributed by atoms with Crippen LogP contribution in [-0.4, -0.2) is 12.5 Å². The first kappa shape index (κ1) is 18.7. The van der Waals surface area contributed by atoms with Crippen molar-refractivity contribution in [1.82, 2.24) is 5.32 Å². The monoisotopic (exact) mass is 421 g/mol. The maximum atomic E-state index is 12.6. The van der Waals surface area contributed by atoms with Crippen molar-refractivity contribution in [3.8, 4) is 0 Å². The lowest BCUT2D eigenvalue weighted by molar-refractivity contribution is -0.120. The maximum absolute atomic E-state index is 12.6. The minimum Gasteiger partial charge on any atom is -0.356 e. The Hall–Kier alpha value is -2.29. The molecule has 1 atom stereocenters. The van der Waals surface area contributed by atoms with E-state index in [-0.39, 0.29) is 5.91 Å². The van der Waals surface area contributed by atoms with Crippen molar-refractivity contribution in [3.63, 3.8) is 0 Å². The Labute approximate surface area is 180 Å². The number of fused-ring (bicyclic) bond motifs is 1. The summed E-state index contributed by atoms with van der Waals surface area (Å²) in [4.78, 5) is 12.6. The SMILES string of the molecule is O=C(Cc1ccc(Cl)c(Cl)c1)NCC1CC2c3ccccc3C1c1ccccc12. The van der Waals surface area contributed by atoms with E-state index in [0.29, 0.717) is 40.8 Å². The van der Waals surface area contributed by atoms with Gasteiger partial charge in [-0.05, 0) is 52.3 Å².